The number of nitrogens with one attached hydrogen (secondary N) is 2. The number of ether oxygens (including phenoxy) is 2. The van der Waals surface area contributed by atoms with Crippen LogP contribution in [0.2, 0.25) is 0 Å². The van der Waals surface area contributed by atoms with E-state index in [0.717, 1.165) is 23.2 Å². The SMILES string of the molecule is CCC(C)Nc1cc(-c2ccccc2COC(C)OC)cc2cc[nH]c12. The highest BCUT2D eigenvalue weighted by atomic mass is 16.7. The number of fused-ring (bicyclic) bond motifs is 1. The maximum absolute atomic E-state index is 5.78. The summed E-state index contributed by atoms with van der Waals surface area (Å²) in [7, 11) is 1.66. The lowest BCUT2D eigenvalue weighted by Crippen LogP contribution is -2.13. The number of benzene rings is 2. The molecule has 0 aliphatic rings. The lowest BCUT2D eigenvalue weighted by molar-refractivity contribution is -0.118. The van der Waals surface area contributed by atoms with Crippen LogP contribution in [0.4, 0.5) is 5.69 Å². The van der Waals surface area contributed by atoms with Gasteiger partial charge in [-0.3, -0.25) is 0 Å². The molecular weight excluding hydrogens is 324 g/mol. The van der Waals surface area contributed by atoms with Crippen molar-refractivity contribution in [3.63, 3.8) is 0 Å². The second-order valence-corrected chi connectivity index (χ2v) is 6.69. The quantitative estimate of drug-likeness (QED) is 0.522. The van der Waals surface area contributed by atoms with Crippen LogP contribution >= 0.6 is 0 Å². The molecule has 0 spiro atoms. The largest absolute Gasteiger partial charge is 0.381 e. The van der Waals surface area contributed by atoms with Gasteiger partial charge in [0, 0.05) is 24.7 Å². The number of methoxy groups -OCH3 is 1. The van der Waals surface area contributed by atoms with Gasteiger partial charge in [0.2, 0.25) is 0 Å². The number of rotatable bonds is 8. The Morgan fingerprint density at radius 3 is 2.69 bits per heavy atom. The van der Waals surface area contributed by atoms with E-state index >= 15 is 0 Å². The van der Waals surface area contributed by atoms with Crippen molar-refractivity contribution in [3.05, 3.63) is 54.2 Å². The first-order chi connectivity index (χ1) is 12.6. The summed E-state index contributed by atoms with van der Waals surface area (Å²) in [5, 5.41) is 4.83. The lowest BCUT2D eigenvalue weighted by atomic mass is 9.98. The molecule has 0 aliphatic heterocycles. The molecule has 3 rings (SSSR count). The van der Waals surface area contributed by atoms with Gasteiger partial charge in [0.15, 0.2) is 6.29 Å². The van der Waals surface area contributed by atoms with Gasteiger partial charge in [0.25, 0.3) is 0 Å². The molecule has 2 aromatic carbocycles. The minimum absolute atomic E-state index is 0.224. The van der Waals surface area contributed by atoms with Crippen LogP contribution in [0.5, 0.6) is 0 Å². The lowest BCUT2D eigenvalue weighted by Gasteiger charge is -2.17. The fraction of sp³-hybridized carbons (Fsp3) is 0.364. The summed E-state index contributed by atoms with van der Waals surface area (Å²) in [4.78, 5) is 3.35. The van der Waals surface area contributed by atoms with Crippen molar-refractivity contribution in [2.75, 3.05) is 12.4 Å². The minimum Gasteiger partial charge on any atom is -0.381 e. The third kappa shape index (κ3) is 4.09. The van der Waals surface area contributed by atoms with Crippen LogP contribution in [0.1, 0.15) is 32.8 Å². The molecule has 0 saturated carbocycles. The van der Waals surface area contributed by atoms with E-state index in [0.29, 0.717) is 12.6 Å². The van der Waals surface area contributed by atoms with E-state index in [4.69, 9.17) is 9.47 Å². The average Bonchev–Trinajstić information content (AvgIpc) is 3.15. The fourth-order valence-electron chi connectivity index (χ4n) is 3.01. The highest BCUT2D eigenvalue weighted by molar-refractivity contribution is 5.95. The summed E-state index contributed by atoms with van der Waals surface area (Å²) >= 11 is 0. The zero-order chi connectivity index (χ0) is 18.5. The molecule has 26 heavy (non-hydrogen) atoms. The fourth-order valence-corrected chi connectivity index (χ4v) is 3.01. The molecule has 4 nitrogen and oxygen atoms in total. The highest BCUT2D eigenvalue weighted by Gasteiger charge is 2.12. The van der Waals surface area contributed by atoms with Crippen LogP contribution in [0.3, 0.4) is 0 Å². The molecule has 138 valence electrons. The number of hydrogen-bond donors (Lipinski definition) is 2. The Labute approximate surface area is 155 Å². The van der Waals surface area contributed by atoms with Crippen LogP contribution in [-0.2, 0) is 16.1 Å². The monoisotopic (exact) mass is 352 g/mol. The summed E-state index contributed by atoms with van der Waals surface area (Å²) in [6.45, 7) is 6.82. The Hall–Kier alpha value is -2.30. The Morgan fingerprint density at radius 2 is 1.92 bits per heavy atom. The molecular formula is C22H28N2O2. The van der Waals surface area contributed by atoms with Crippen molar-refractivity contribution >= 4 is 16.6 Å². The maximum atomic E-state index is 5.78. The summed E-state index contributed by atoms with van der Waals surface area (Å²) in [6.07, 6.45) is 2.84. The molecule has 3 aromatic rings. The Balaban J connectivity index is 2.00. The molecule has 1 aromatic heterocycles. The van der Waals surface area contributed by atoms with E-state index in [1.165, 1.54) is 16.5 Å². The third-order valence-corrected chi connectivity index (χ3v) is 4.81. The Kier molecular flexibility index (Phi) is 5.96. The molecule has 0 radical (unpaired) electrons. The van der Waals surface area contributed by atoms with Crippen molar-refractivity contribution < 1.29 is 9.47 Å². The van der Waals surface area contributed by atoms with Crippen molar-refractivity contribution in [3.8, 4) is 11.1 Å². The van der Waals surface area contributed by atoms with E-state index in [1.54, 1.807) is 7.11 Å². The third-order valence-electron chi connectivity index (χ3n) is 4.81. The van der Waals surface area contributed by atoms with Crippen LogP contribution in [0, 0.1) is 0 Å². The minimum atomic E-state index is -0.224. The second-order valence-electron chi connectivity index (χ2n) is 6.69. The Bertz CT molecular complexity index is 856. The van der Waals surface area contributed by atoms with E-state index in [2.05, 4.69) is 60.5 Å². The smallest absolute Gasteiger partial charge is 0.154 e. The van der Waals surface area contributed by atoms with Crippen molar-refractivity contribution in [2.24, 2.45) is 0 Å². The summed E-state index contributed by atoms with van der Waals surface area (Å²) < 4.78 is 11.0. The predicted octanol–water partition coefficient (Wildman–Crippen LogP) is 5.55. The van der Waals surface area contributed by atoms with Gasteiger partial charge >= 0.3 is 0 Å². The van der Waals surface area contributed by atoms with Gasteiger partial charge < -0.3 is 19.8 Å². The van der Waals surface area contributed by atoms with Crippen LogP contribution in [0.25, 0.3) is 22.0 Å². The number of aromatic amines is 1. The molecule has 2 atom stereocenters. The second kappa shape index (κ2) is 8.39. The molecule has 2 N–H and O–H groups in total. The van der Waals surface area contributed by atoms with Crippen molar-refractivity contribution in [1.82, 2.24) is 4.98 Å². The van der Waals surface area contributed by atoms with E-state index in [-0.39, 0.29) is 6.29 Å². The van der Waals surface area contributed by atoms with Gasteiger partial charge in [-0.2, -0.15) is 0 Å². The van der Waals surface area contributed by atoms with Crippen LogP contribution < -0.4 is 5.32 Å². The highest BCUT2D eigenvalue weighted by Crippen LogP contribution is 2.33. The average molecular weight is 352 g/mol. The molecule has 0 saturated heterocycles. The molecule has 0 fully saturated rings. The van der Waals surface area contributed by atoms with Gasteiger partial charge in [-0.1, -0.05) is 31.2 Å². The number of anilines is 1. The zero-order valence-electron chi connectivity index (χ0n) is 16.0. The normalized spacial score (nSPS) is 13.7. The molecule has 2 unspecified atom stereocenters. The molecule has 4 heteroatoms. The first-order valence-electron chi connectivity index (χ1n) is 9.22. The number of hydrogen-bond acceptors (Lipinski definition) is 3. The van der Waals surface area contributed by atoms with Gasteiger partial charge in [-0.15, -0.1) is 0 Å². The van der Waals surface area contributed by atoms with Gasteiger partial charge in [0.05, 0.1) is 17.8 Å². The maximum Gasteiger partial charge on any atom is 0.154 e. The summed E-state index contributed by atoms with van der Waals surface area (Å²) in [6, 6.07) is 15.4. The molecule has 0 aliphatic carbocycles. The van der Waals surface area contributed by atoms with E-state index in [1.807, 2.05) is 19.2 Å². The molecule has 0 bridgehead atoms. The standard InChI is InChI=1S/C22H28N2O2/c1-5-15(2)24-21-13-19(12-17-10-11-23-22(17)21)20-9-7-6-8-18(20)14-26-16(3)25-4/h6-13,15-16,23-24H,5,14H2,1-4H3. The van der Waals surface area contributed by atoms with E-state index < -0.39 is 0 Å². The number of H-pyrrole nitrogens is 1. The topological polar surface area (TPSA) is 46.3 Å². The predicted molar refractivity (Wildman–Crippen MR) is 108 cm³/mol. The molecule has 1 heterocycles. The summed E-state index contributed by atoms with van der Waals surface area (Å²) in [5.41, 5.74) is 5.81. The van der Waals surface area contributed by atoms with Crippen LogP contribution in [-0.4, -0.2) is 24.4 Å². The van der Waals surface area contributed by atoms with Gasteiger partial charge in [-0.25, -0.2) is 0 Å². The van der Waals surface area contributed by atoms with Crippen molar-refractivity contribution in [1.29, 1.82) is 0 Å². The Morgan fingerprint density at radius 1 is 1.12 bits per heavy atom. The molecule has 0 amide bonds. The summed E-state index contributed by atoms with van der Waals surface area (Å²) in [5.74, 6) is 0. The van der Waals surface area contributed by atoms with Crippen LogP contribution in [0.15, 0.2) is 48.7 Å². The first kappa shape index (κ1) is 18.5. The van der Waals surface area contributed by atoms with Gasteiger partial charge in [-0.05, 0) is 55.2 Å². The number of aromatic nitrogens is 1. The van der Waals surface area contributed by atoms with Gasteiger partial charge in [0.1, 0.15) is 0 Å². The van der Waals surface area contributed by atoms with Crippen molar-refractivity contribution in [2.45, 2.75) is 46.1 Å². The first-order valence-corrected chi connectivity index (χ1v) is 9.22. The van der Waals surface area contributed by atoms with E-state index in [9.17, 15) is 0 Å². The zero-order valence-corrected chi connectivity index (χ0v) is 16.0.